The van der Waals surface area contributed by atoms with Gasteiger partial charge in [-0.25, -0.2) is 4.39 Å². The summed E-state index contributed by atoms with van der Waals surface area (Å²) in [5.41, 5.74) is 6.52. The van der Waals surface area contributed by atoms with Gasteiger partial charge in [0.15, 0.2) is 5.60 Å². The molecule has 0 spiro atoms. The highest BCUT2D eigenvalue weighted by Crippen LogP contribution is 2.36. The largest absolute Gasteiger partial charge is 0.480 e. The van der Waals surface area contributed by atoms with Crippen molar-refractivity contribution in [3.63, 3.8) is 0 Å². The van der Waals surface area contributed by atoms with Gasteiger partial charge in [-0.15, -0.1) is 0 Å². The van der Waals surface area contributed by atoms with Gasteiger partial charge >= 0.3 is 0 Å². The first kappa shape index (κ1) is 15.1. The first-order valence-electron chi connectivity index (χ1n) is 8.19. The molecule has 2 N–H and O–H groups in total. The zero-order chi connectivity index (χ0) is 15.6. The minimum atomic E-state index is -0.949. The van der Waals surface area contributed by atoms with Gasteiger partial charge in [0, 0.05) is 12.1 Å². The molecule has 3 heteroatoms. The second-order valence-corrected chi connectivity index (χ2v) is 6.64. The molecule has 22 heavy (non-hydrogen) atoms. The van der Waals surface area contributed by atoms with E-state index in [4.69, 9.17) is 10.5 Å². The molecule has 3 rings (SSSR count). The monoisotopic (exact) mass is 301 g/mol. The summed E-state index contributed by atoms with van der Waals surface area (Å²) >= 11 is 0. The molecule has 2 aliphatic rings. The van der Waals surface area contributed by atoms with Crippen LogP contribution in [-0.2, 0) is 0 Å². The minimum absolute atomic E-state index is 0.316. The summed E-state index contributed by atoms with van der Waals surface area (Å²) in [6.07, 6.45) is 10.2. The lowest BCUT2D eigenvalue weighted by Gasteiger charge is -2.31. The Morgan fingerprint density at radius 2 is 1.82 bits per heavy atom. The SMILES string of the molecule is CC1(Oc2ccc(C3CCCCC3)cc2)CC=C(N)C=C1F. The molecule has 1 aromatic rings. The molecule has 0 bridgehead atoms. The van der Waals surface area contributed by atoms with Crippen LogP contribution in [0, 0.1) is 0 Å². The van der Waals surface area contributed by atoms with Crippen molar-refractivity contribution in [2.75, 3.05) is 0 Å². The highest BCUT2D eigenvalue weighted by Gasteiger charge is 2.33. The third-order valence-corrected chi connectivity index (χ3v) is 4.83. The molecule has 1 aromatic carbocycles. The van der Waals surface area contributed by atoms with Crippen molar-refractivity contribution in [3.05, 3.63) is 53.5 Å². The lowest BCUT2D eigenvalue weighted by atomic mass is 9.84. The molecular formula is C19H24FNO. The molecule has 1 fully saturated rings. The van der Waals surface area contributed by atoms with E-state index in [9.17, 15) is 4.39 Å². The summed E-state index contributed by atoms with van der Waals surface area (Å²) in [5, 5.41) is 0. The van der Waals surface area contributed by atoms with Gasteiger partial charge in [-0.2, -0.15) is 0 Å². The fourth-order valence-corrected chi connectivity index (χ4v) is 3.36. The highest BCUT2D eigenvalue weighted by molar-refractivity contribution is 5.34. The van der Waals surface area contributed by atoms with Crippen LogP contribution in [0.2, 0.25) is 0 Å². The maximum Gasteiger partial charge on any atom is 0.161 e. The average Bonchev–Trinajstić information content (AvgIpc) is 2.53. The normalized spacial score (nSPS) is 26.3. The third kappa shape index (κ3) is 3.18. The molecular weight excluding hydrogens is 277 g/mol. The lowest BCUT2D eigenvalue weighted by molar-refractivity contribution is 0.102. The van der Waals surface area contributed by atoms with Crippen molar-refractivity contribution in [1.82, 2.24) is 0 Å². The molecule has 0 saturated heterocycles. The van der Waals surface area contributed by atoms with Crippen LogP contribution in [-0.4, -0.2) is 5.60 Å². The Bertz CT molecular complexity index is 584. The Morgan fingerprint density at radius 1 is 1.14 bits per heavy atom. The number of ether oxygens (including phenoxy) is 1. The van der Waals surface area contributed by atoms with Gasteiger partial charge in [0.05, 0.1) is 0 Å². The van der Waals surface area contributed by atoms with Crippen molar-refractivity contribution in [2.45, 2.75) is 57.0 Å². The fraction of sp³-hybridized carbons (Fsp3) is 0.474. The van der Waals surface area contributed by atoms with Crippen LogP contribution < -0.4 is 10.5 Å². The first-order valence-corrected chi connectivity index (χ1v) is 8.19. The summed E-state index contributed by atoms with van der Waals surface area (Å²) in [4.78, 5) is 0. The zero-order valence-corrected chi connectivity index (χ0v) is 13.1. The zero-order valence-electron chi connectivity index (χ0n) is 13.1. The fourth-order valence-electron chi connectivity index (χ4n) is 3.36. The molecule has 0 aromatic heterocycles. The van der Waals surface area contributed by atoms with E-state index in [0.29, 0.717) is 23.8 Å². The maximum atomic E-state index is 14.2. The number of rotatable bonds is 3. The summed E-state index contributed by atoms with van der Waals surface area (Å²) < 4.78 is 20.1. The molecule has 1 saturated carbocycles. The lowest BCUT2D eigenvalue weighted by Crippen LogP contribution is -2.35. The number of nitrogens with two attached hydrogens (primary N) is 1. The van der Waals surface area contributed by atoms with E-state index in [-0.39, 0.29) is 5.83 Å². The first-order chi connectivity index (χ1) is 10.6. The molecule has 118 valence electrons. The van der Waals surface area contributed by atoms with Crippen LogP contribution in [0.1, 0.15) is 56.9 Å². The predicted octanol–water partition coefficient (Wildman–Crippen LogP) is 4.97. The molecule has 1 atom stereocenters. The van der Waals surface area contributed by atoms with Gasteiger partial charge in [-0.1, -0.05) is 37.5 Å². The number of benzene rings is 1. The van der Waals surface area contributed by atoms with Crippen molar-refractivity contribution >= 4 is 0 Å². The second kappa shape index (κ2) is 6.15. The van der Waals surface area contributed by atoms with Crippen LogP contribution in [0.15, 0.2) is 47.9 Å². The van der Waals surface area contributed by atoms with E-state index in [1.165, 1.54) is 43.7 Å². The van der Waals surface area contributed by atoms with Crippen molar-refractivity contribution in [3.8, 4) is 5.75 Å². The summed E-state index contributed by atoms with van der Waals surface area (Å²) in [6.45, 7) is 1.76. The number of halogens is 1. The quantitative estimate of drug-likeness (QED) is 0.855. The molecule has 2 aliphatic carbocycles. The van der Waals surface area contributed by atoms with Gasteiger partial charge in [0.25, 0.3) is 0 Å². The molecule has 2 nitrogen and oxygen atoms in total. The Hall–Kier alpha value is -1.77. The minimum Gasteiger partial charge on any atom is -0.480 e. The summed E-state index contributed by atoms with van der Waals surface area (Å²) in [7, 11) is 0. The van der Waals surface area contributed by atoms with Gasteiger partial charge in [0.2, 0.25) is 0 Å². The number of allylic oxidation sites excluding steroid dienone is 1. The van der Waals surface area contributed by atoms with Gasteiger partial charge in [-0.3, -0.25) is 0 Å². The summed E-state index contributed by atoms with van der Waals surface area (Å²) in [6, 6.07) is 8.18. The second-order valence-electron chi connectivity index (χ2n) is 6.64. The molecule has 1 unspecified atom stereocenters. The van der Waals surface area contributed by atoms with E-state index in [1.54, 1.807) is 13.0 Å². The van der Waals surface area contributed by atoms with E-state index < -0.39 is 5.60 Å². The van der Waals surface area contributed by atoms with Crippen LogP contribution in [0.25, 0.3) is 0 Å². The average molecular weight is 301 g/mol. The maximum absolute atomic E-state index is 14.2. The number of hydrogen-bond donors (Lipinski definition) is 1. The van der Waals surface area contributed by atoms with Crippen LogP contribution in [0.3, 0.4) is 0 Å². The Labute approximate surface area is 131 Å². The van der Waals surface area contributed by atoms with E-state index in [0.717, 1.165) is 0 Å². The highest BCUT2D eigenvalue weighted by atomic mass is 19.1. The molecule has 0 amide bonds. The van der Waals surface area contributed by atoms with E-state index in [1.807, 2.05) is 12.1 Å². The predicted molar refractivity (Wildman–Crippen MR) is 87.4 cm³/mol. The van der Waals surface area contributed by atoms with Crippen molar-refractivity contribution < 1.29 is 9.13 Å². The van der Waals surface area contributed by atoms with Gasteiger partial charge in [0.1, 0.15) is 11.6 Å². The van der Waals surface area contributed by atoms with Crippen molar-refractivity contribution in [1.29, 1.82) is 0 Å². The number of hydrogen-bond acceptors (Lipinski definition) is 2. The van der Waals surface area contributed by atoms with Gasteiger partial charge < -0.3 is 10.5 Å². The van der Waals surface area contributed by atoms with Gasteiger partial charge in [-0.05, 0) is 49.5 Å². The standard InChI is InChI=1S/C19H24FNO/c1-19(12-11-16(21)13-18(19)20)22-17-9-7-15(8-10-17)14-5-3-2-4-6-14/h7-11,13-14H,2-6,12,21H2,1H3. The third-order valence-electron chi connectivity index (χ3n) is 4.83. The topological polar surface area (TPSA) is 35.2 Å². The van der Waals surface area contributed by atoms with Crippen LogP contribution in [0.4, 0.5) is 4.39 Å². The molecule has 0 heterocycles. The molecule has 0 aliphatic heterocycles. The van der Waals surface area contributed by atoms with Crippen molar-refractivity contribution in [2.24, 2.45) is 5.73 Å². The van der Waals surface area contributed by atoms with Crippen LogP contribution in [0.5, 0.6) is 5.75 Å². The Balaban J connectivity index is 1.70. The van der Waals surface area contributed by atoms with E-state index in [2.05, 4.69) is 12.1 Å². The van der Waals surface area contributed by atoms with Crippen LogP contribution >= 0.6 is 0 Å². The summed E-state index contributed by atoms with van der Waals surface area (Å²) in [5.74, 6) is 1.07. The Morgan fingerprint density at radius 3 is 2.45 bits per heavy atom. The molecule has 0 radical (unpaired) electrons. The van der Waals surface area contributed by atoms with E-state index >= 15 is 0 Å². The smallest absolute Gasteiger partial charge is 0.161 e. The Kier molecular flexibility index (Phi) is 4.23.